The Kier molecular flexibility index (Phi) is 11.4. The third-order valence-corrected chi connectivity index (χ3v) is 14.0. The Morgan fingerprint density at radius 1 is 0.327 bits per heavy atom. The highest BCUT2D eigenvalue weighted by molar-refractivity contribution is 7.27. The molecule has 0 nitrogen and oxygen atoms in total. The van der Waals surface area contributed by atoms with E-state index >= 15 is 0 Å². The molecule has 0 bridgehead atoms. The van der Waals surface area contributed by atoms with E-state index in [2.05, 4.69) is 98.8 Å². The fourth-order valence-electron chi connectivity index (χ4n) is 8.65. The normalized spacial score (nSPS) is 12.3. The van der Waals surface area contributed by atoms with Gasteiger partial charge in [0.2, 0.25) is 0 Å². The van der Waals surface area contributed by atoms with Gasteiger partial charge in [0.25, 0.3) is 0 Å². The first-order valence-corrected chi connectivity index (χ1v) is 22.4. The summed E-state index contributed by atoms with van der Waals surface area (Å²) in [5, 5.41) is 13.9. The molecule has 0 N–H and O–H groups in total. The van der Waals surface area contributed by atoms with Crippen LogP contribution in [0.25, 0.3) is 72.7 Å². The van der Waals surface area contributed by atoms with Crippen molar-refractivity contribution in [3.05, 3.63) is 96.1 Å². The zero-order chi connectivity index (χ0) is 35.3. The lowest BCUT2D eigenvalue weighted by atomic mass is 9.98. The Hall–Kier alpha value is -3.46. The molecule has 8 aromatic rings. The second kappa shape index (κ2) is 16.7. The van der Waals surface area contributed by atoms with Crippen LogP contribution in [-0.4, -0.2) is 0 Å². The summed E-state index contributed by atoms with van der Waals surface area (Å²) in [4.78, 5) is 0. The molecule has 0 amide bonds. The number of hydrogen-bond acceptors (Lipinski definition) is 2. The number of unbranched alkanes of at least 4 members (excludes halogenated alkanes) is 14. The summed E-state index contributed by atoms with van der Waals surface area (Å²) in [7, 11) is 0. The molecule has 0 aliphatic heterocycles. The zero-order valence-corrected chi connectivity index (χ0v) is 33.3. The Balaban J connectivity index is 1.03. The van der Waals surface area contributed by atoms with Gasteiger partial charge in [-0.25, -0.2) is 0 Å². The molecule has 2 heteroatoms. The molecule has 52 heavy (non-hydrogen) atoms. The Bertz CT molecular complexity index is 2450. The van der Waals surface area contributed by atoms with Gasteiger partial charge in [-0.1, -0.05) is 152 Å². The van der Waals surface area contributed by atoms with Crippen molar-refractivity contribution in [1.29, 1.82) is 0 Å². The number of fused-ring (bicyclic) bond motifs is 10. The quantitative estimate of drug-likeness (QED) is 0.0774. The van der Waals surface area contributed by atoms with Crippen LogP contribution in [0.3, 0.4) is 0 Å². The van der Waals surface area contributed by atoms with E-state index in [0.717, 1.165) is 0 Å². The van der Waals surface area contributed by atoms with Gasteiger partial charge < -0.3 is 0 Å². The molecule has 0 aliphatic carbocycles. The van der Waals surface area contributed by atoms with Crippen molar-refractivity contribution in [2.24, 2.45) is 0 Å². The average Bonchev–Trinajstić information content (AvgIpc) is 3.70. The lowest BCUT2D eigenvalue weighted by Crippen LogP contribution is -1.87. The molecule has 0 aliphatic rings. The molecular weight excluding hydrogens is 665 g/mol. The smallest absolute Gasteiger partial charge is 0.0434 e. The number of hydrogen-bond donors (Lipinski definition) is 0. The first-order valence-electron chi connectivity index (χ1n) is 20.8. The maximum atomic E-state index is 2.51. The van der Waals surface area contributed by atoms with E-state index in [0.29, 0.717) is 0 Å². The lowest BCUT2D eigenvalue weighted by Gasteiger charge is -2.06. The number of thiophene rings is 2. The van der Waals surface area contributed by atoms with Crippen molar-refractivity contribution in [3.8, 4) is 0 Å². The number of rotatable bonds is 18. The lowest BCUT2D eigenvalue weighted by molar-refractivity contribution is 0.575. The first kappa shape index (κ1) is 35.6. The minimum absolute atomic E-state index is 1.19. The summed E-state index contributed by atoms with van der Waals surface area (Å²) in [5.74, 6) is 0. The Labute approximate surface area is 319 Å². The number of benzene rings is 6. The average molecular weight is 721 g/mol. The van der Waals surface area contributed by atoms with Crippen LogP contribution in [0.4, 0.5) is 0 Å². The molecule has 8 rings (SSSR count). The summed E-state index contributed by atoms with van der Waals surface area (Å²) in [6.45, 7) is 4.60. The largest absolute Gasteiger partial charge is 0.135 e. The number of aryl methyl sites for hydroxylation is 2. The second-order valence-electron chi connectivity index (χ2n) is 15.7. The van der Waals surface area contributed by atoms with Crippen LogP contribution in [0, 0.1) is 0 Å². The van der Waals surface area contributed by atoms with Gasteiger partial charge in [-0.05, 0) is 100 Å². The van der Waals surface area contributed by atoms with E-state index in [-0.39, 0.29) is 0 Å². The highest BCUT2D eigenvalue weighted by Crippen LogP contribution is 2.44. The van der Waals surface area contributed by atoms with Crippen LogP contribution >= 0.6 is 22.7 Å². The summed E-state index contributed by atoms with van der Waals surface area (Å²) < 4.78 is 5.63. The van der Waals surface area contributed by atoms with Gasteiger partial charge in [0.1, 0.15) is 0 Å². The molecule has 0 fully saturated rings. The van der Waals surface area contributed by atoms with Gasteiger partial charge >= 0.3 is 0 Å². The fourth-order valence-corrected chi connectivity index (χ4v) is 11.1. The SMILES string of the molecule is CCCCCCCCCCc1ccc2cc3c(cc2c1)sc1cc2ccc4c5cc6cc(CCCCCCCCCC)ccc6cc5sc4c2cc13. The van der Waals surface area contributed by atoms with E-state index in [1.807, 2.05) is 22.7 Å². The monoisotopic (exact) mass is 720 g/mol. The highest BCUT2D eigenvalue weighted by Gasteiger charge is 2.14. The predicted molar refractivity (Wildman–Crippen MR) is 237 cm³/mol. The Morgan fingerprint density at radius 2 is 0.769 bits per heavy atom. The standard InChI is InChI=1S/C50H56S2/c1-3-5-7-9-11-13-15-17-19-35-22-24-38-31-49-44(30-40(38)27-35)42-26-25-39-32-47-46(34-43(39)50(42)52-49)45-29-37-23-21-36(28-41(37)33-48(45)51-47)20-18-16-14-12-10-8-6-4-2/h21-34H,3-20H2,1-2H3. The second-order valence-corrected chi connectivity index (χ2v) is 17.9. The van der Waals surface area contributed by atoms with Crippen molar-refractivity contribution >= 4 is 95.3 Å². The molecule has 0 saturated carbocycles. The maximum absolute atomic E-state index is 2.51. The molecule has 0 radical (unpaired) electrons. The van der Waals surface area contributed by atoms with Crippen LogP contribution in [0.15, 0.2) is 84.9 Å². The van der Waals surface area contributed by atoms with E-state index in [9.17, 15) is 0 Å². The molecular formula is C50H56S2. The van der Waals surface area contributed by atoms with Crippen LogP contribution in [0.1, 0.15) is 128 Å². The summed E-state index contributed by atoms with van der Waals surface area (Å²) in [6.07, 6.45) is 24.4. The van der Waals surface area contributed by atoms with Gasteiger partial charge in [-0.3, -0.25) is 0 Å². The minimum atomic E-state index is 1.19. The van der Waals surface area contributed by atoms with Gasteiger partial charge in [0.15, 0.2) is 0 Å². The first-order chi connectivity index (χ1) is 25.7. The van der Waals surface area contributed by atoms with Crippen molar-refractivity contribution in [2.45, 2.75) is 129 Å². The third-order valence-electron chi connectivity index (χ3n) is 11.7. The van der Waals surface area contributed by atoms with Crippen LogP contribution in [0.2, 0.25) is 0 Å². The van der Waals surface area contributed by atoms with E-state index < -0.39 is 0 Å². The van der Waals surface area contributed by atoms with E-state index in [1.165, 1.54) is 199 Å². The van der Waals surface area contributed by atoms with Crippen LogP contribution in [-0.2, 0) is 12.8 Å². The van der Waals surface area contributed by atoms with Gasteiger partial charge in [-0.15, -0.1) is 22.7 Å². The minimum Gasteiger partial charge on any atom is -0.135 e. The molecule has 6 aromatic carbocycles. The molecule has 0 spiro atoms. The van der Waals surface area contributed by atoms with E-state index in [1.54, 1.807) is 0 Å². The van der Waals surface area contributed by atoms with Crippen molar-refractivity contribution in [1.82, 2.24) is 0 Å². The molecule has 0 atom stereocenters. The molecule has 0 unspecified atom stereocenters. The highest BCUT2D eigenvalue weighted by atomic mass is 32.1. The maximum Gasteiger partial charge on any atom is 0.0434 e. The van der Waals surface area contributed by atoms with Crippen molar-refractivity contribution in [2.75, 3.05) is 0 Å². The molecule has 2 heterocycles. The van der Waals surface area contributed by atoms with Crippen molar-refractivity contribution < 1.29 is 0 Å². The summed E-state index contributed by atoms with van der Waals surface area (Å²) in [6, 6.07) is 33.9. The third kappa shape index (κ3) is 7.76. The summed E-state index contributed by atoms with van der Waals surface area (Å²) >= 11 is 3.93. The van der Waals surface area contributed by atoms with Gasteiger partial charge in [0, 0.05) is 45.7 Å². The molecule has 0 saturated heterocycles. The predicted octanol–water partition coefficient (Wildman–Crippen LogP) is 17.2. The van der Waals surface area contributed by atoms with Crippen LogP contribution < -0.4 is 0 Å². The fraction of sp³-hybridized carbons (Fsp3) is 0.400. The molecule has 2 aromatic heterocycles. The van der Waals surface area contributed by atoms with Gasteiger partial charge in [0.05, 0.1) is 0 Å². The van der Waals surface area contributed by atoms with Gasteiger partial charge in [-0.2, -0.15) is 0 Å². The van der Waals surface area contributed by atoms with Crippen molar-refractivity contribution in [3.63, 3.8) is 0 Å². The molecule has 268 valence electrons. The summed E-state index contributed by atoms with van der Waals surface area (Å²) in [5.41, 5.74) is 2.98. The topological polar surface area (TPSA) is 0 Å². The zero-order valence-electron chi connectivity index (χ0n) is 31.6. The van der Waals surface area contributed by atoms with E-state index in [4.69, 9.17) is 0 Å². The van der Waals surface area contributed by atoms with Crippen LogP contribution in [0.5, 0.6) is 0 Å². The Morgan fingerprint density at radius 3 is 1.40 bits per heavy atom.